The Bertz CT molecular complexity index is 888. The molecule has 0 atom stereocenters. The Hall–Kier alpha value is -2.37. The van der Waals surface area contributed by atoms with Gasteiger partial charge < -0.3 is 10.6 Å². The van der Waals surface area contributed by atoms with Gasteiger partial charge in [-0.3, -0.25) is 19.0 Å². The molecule has 0 aliphatic rings. The summed E-state index contributed by atoms with van der Waals surface area (Å²) in [6.07, 6.45) is -3.25. The van der Waals surface area contributed by atoms with Crippen LogP contribution in [0.3, 0.4) is 0 Å². The molecule has 12 heteroatoms. The highest BCUT2D eigenvalue weighted by atomic mass is 79.9. The van der Waals surface area contributed by atoms with E-state index in [1.807, 2.05) is 13.8 Å². The van der Waals surface area contributed by atoms with Crippen LogP contribution in [0.15, 0.2) is 10.7 Å². The Labute approximate surface area is 167 Å². The van der Waals surface area contributed by atoms with Crippen LogP contribution in [0, 0.1) is 5.92 Å². The van der Waals surface area contributed by atoms with Gasteiger partial charge in [0.2, 0.25) is 0 Å². The van der Waals surface area contributed by atoms with Crippen molar-refractivity contribution in [2.75, 3.05) is 11.9 Å². The summed E-state index contributed by atoms with van der Waals surface area (Å²) in [4.78, 5) is 24.9. The number of amides is 2. The highest BCUT2D eigenvalue weighted by Gasteiger charge is 2.39. The lowest BCUT2D eigenvalue weighted by atomic mass is 10.2. The van der Waals surface area contributed by atoms with Crippen molar-refractivity contribution >= 4 is 33.4 Å². The van der Waals surface area contributed by atoms with E-state index in [2.05, 4.69) is 36.8 Å². The van der Waals surface area contributed by atoms with Crippen molar-refractivity contribution in [2.45, 2.75) is 33.5 Å². The number of aromatic nitrogens is 4. The lowest BCUT2D eigenvalue weighted by molar-refractivity contribution is -0.144. The fourth-order valence-corrected chi connectivity index (χ4v) is 3.10. The number of rotatable bonds is 6. The van der Waals surface area contributed by atoms with Crippen molar-refractivity contribution in [3.63, 3.8) is 0 Å². The van der Waals surface area contributed by atoms with Gasteiger partial charge in [0.15, 0.2) is 17.1 Å². The van der Waals surface area contributed by atoms with Gasteiger partial charge in [0, 0.05) is 26.3 Å². The summed E-state index contributed by atoms with van der Waals surface area (Å²) in [7, 11) is 1.09. The summed E-state index contributed by atoms with van der Waals surface area (Å²) in [5.41, 5.74) is -1.48. The largest absolute Gasteiger partial charge is 0.434 e. The van der Waals surface area contributed by atoms with E-state index in [4.69, 9.17) is 0 Å². The van der Waals surface area contributed by atoms with E-state index >= 15 is 0 Å². The topological polar surface area (TPSA) is 93.8 Å². The van der Waals surface area contributed by atoms with Crippen molar-refractivity contribution in [3.8, 4) is 0 Å². The molecule has 0 saturated carbocycles. The normalized spacial score (nSPS) is 11.8. The minimum absolute atomic E-state index is 0.0288. The van der Waals surface area contributed by atoms with E-state index in [9.17, 15) is 22.8 Å². The maximum absolute atomic E-state index is 13.1. The predicted octanol–water partition coefficient (Wildman–Crippen LogP) is 3.06. The lowest BCUT2D eigenvalue weighted by Gasteiger charge is -2.08. The van der Waals surface area contributed by atoms with Crippen LogP contribution in [-0.2, 0) is 19.8 Å². The van der Waals surface area contributed by atoms with E-state index in [1.165, 1.54) is 10.9 Å². The van der Waals surface area contributed by atoms with Crippen LogP contribution >= 0.6 is 15.9 Å². The van der Waals surface area contributed by atoms with Gasteiger partial charge in [0.1, 0.15) is 0 Å². The zero-order chi connectivity index (χ0) is 21.2. The summed E-state index contributed by atoms with van der Waals surface area (Å²) >= 11 is 2.79. The average Bonchev–Trinajstić information content (AvgIpc) is 3.12. The molecular formula is C16H20BrF3N6O2. The molecule has 0 aliphatic carbocycles. The summed E-state index contributed by atoms with van der Waals surface area (Å²) in [5, 5.41) is 12.9. The highest BCUT2D eigenvalue weighted by Crippen LogP contribution is 2.36. The van der Waals surface area contributed by atoms with Crippen molar-refractivity contribution in [1.82, 2.24) is 24.9 Å². The minimum Gasteiger partial charge on any atom is -0.350 e. The number of hydrogen-bond donors (Lipinski definition) is 2. The summed E-state index contributed by atoms with van der Waals surface area (Å²) in [6, 6.07) is 0. The summed E-state index contributed by atoms with van der Waals surface area (Å²) in [5.74, 6) is -1.18. The van der Waals surface area contributed by atoms with E-state index < -0.39 is 33.9 Å². The Morgan fingerprint density at radius 3 is 2.36 bits per heavy atom. The molecule has 2 rings (SSSR count). The quantitative estimate of drug-likeness (QED) is 0.686. The molecule has 0 bridgehead atoms. The fourth-order valence-electron chi connectivity index (χ4n) is 2.36. The smallest absolute Gasteiger partial charge is 0.350 e. The van der Waals surface area contributed by atoms with Crippen LogP contribution in [0.1, 0.15) is 47.4 Å². The zero-order valence-electron chi connectivity index (χ0n) is 15.7. The van der Waals surface area contributed by atoms with Crippen LogP contribution in [0.25, 0.3) is 0 Å². The number of nitrogens with zero attached hydrogens (tertiary/aromatic N) is 4. The molecule has 0 aromatic carbocycles. The second-order valence-corrected chi connectivity index (χ2v) is 7.23. The number of nitrogens with one attached hydrogen (secondary N) is 2. The standard InChI is InChI=1S/C16H20BrF3N6O2/c1-5-26-7-9(11(24-26)14(27)21-6-8(2)3)22-15(28)12-10(17)13(16(18,19)20)25(4)23-12/h7-8H,5-6H2,1-4H3,(H,21,27)(H,22,28). The van der Waals surface area contributed by atoms with Gasteiger partial charge in [-0.15, -0.1) is 0 Å². The number of carbonyl (C=O) groups excluding carboxylic acids is 2. The number of halogens is 4. The molecule has 8 nitrogen and oxygen atoms in total. The van der Waals surface area contributed by atoms with E-state index in [1.54, 1.807) is 6.92 Å². The first-order valence-electron chi connectivity index (χ1n) is 8.42. The maximum atomic E-state index is 13.1. The van der Waals surface area contributed by atoms with E-state index in [0.717, 1.165) is 7.05 Å². The van der Waals surface area contributed by atoms with Crippen LogP contribution in [0.2, 0.25) is 0 Å². The molecule has 154 valence electrons. The number of anilines is 1. The Kier molecular flexibility index (Phi) is 6.52. The van der Waals surface area contributed by atoms with Gasteiger partial charge in [-0.25, -0.2) is 0 Å². The molecule has 2 amide bonds. The first-order valence-corrected chi connectivity index (χ1v) is 9.21. The summed E-state index contributed by atoms with van der Waals surface area (Å²) in [6.45, 7) is 6.48. The van der Waals surface area contributed by atoms with Crippen LogP contribution in [0.5, 0.6) is 0 Å². The Balaban J connectivity index is 2.32. The molecule has 0 fully saturated rings. The molecule has 28 heavy (non-hydrogen) atoms. The summed E-state index contributed by atoms with van der Waals surface area (Å²) < 4.78 is 40.8. The van der Waals surface area contributed by atoms with Crippen molar-refractivity contribution in [2.24, 2.45) is 13.0 Å². The van der Waals surface area contributed by atoms with Gasteiger partial charge in [-0.05, 0) is 28.8 Å². The molecule has 0 radical (unpaired) electrons. The third-order valence-electron chi connectivity index (χ3n) is 3.69. The van der Waals surface area contributed by atoms with Crippen molar-refractivity contribution in [3.05, 3.63) is 27.8 Å². The molecule has 2 N–H and O–H groups in total. The third kappa shape index (κ3) is 4.72. The zero-order valence-corrected chi connectivity index (χ0v) is 17.3. The number of carbonyl (C=O) groups is 2. The third-order valence-corrected chi connectivity index (χ3v) is 4.44. The van der Waals surface area contributed by atoms with Gasteiger partial charge in [-0.1, -0.05) is 13.8 Å². The Morgan fingerprint density at radius 2 is 1.86 bits per heavy atom. The lowest BCUT2D eigenvalue weighted by Crippen LogP contribution is -2.29. The van der Waals surface area contributed by atoms with Gasteiger partial charge in [-0.2, -0.15) is 23.4 Å². The minimum atomic E-state index is -4.69. The molecule has 0 unspecified atom stereocenters. The SMILES string of the molecule is CCn1cc(NC(=O)c2nn(C)c(C(F)(F)F)c2Br)c(C(=O)NCC(C)C)n1. The first kappa shape index (κ1) is 21.9. The van der Waals surface area contributed by atoms with Crippen molar-refractivity contribution < 1.29 is 22.8 Å². The van der Waals surface area contributed by atoms with Crippen LogP contribution in [0.4, 0.5) is 18.9 Å². The van der Waals surface area contributed by atoms with Gasteiger partial charge in [0.05, 0.1) is 10.2 Å². The van der Waals surface area contributed by atoms with E-state index in [-0.39, 0.29) is 17.3 Å². The predicted molar refractivity (Wildman–Crippen MR) is 98.9 cm³/mol. The maximum Gasteiger partial charge on any atom is 0.434 e. The molecule has 0 spiro atoms. The number of alkyl halides is 3. The average molecular weight is 465 g/mol. The van der Waals surface area contributed by atoms with Crippen molar-refractivity contribution in [1.29, 1.82) is 0 Å². The van der Waals surface area contributed by atoms with Crippen LogP contribution in [-0.4, -0.2) is 37.9 Å². The number of aryl methyl sites for hydroxylation is 2. The molecule has 0 saturated heterocycles. The molecule has 0 aliphatic heterocycles. The van der Waals surface area contributed by atoms with Gasteiger partial charge in [0.25, 0.3) is 11.8 Å². The van der Waals surface area contributed by atoms with Gasteiger partial charge >= 0.3 is 6.18 Å². The highest BCUT2D eigenvalue weighted by molar-refractivity contribution is 9.10. The second-order valence-electron chi connectivity index (χ2n) is 6.44. The molecule has 2 heterocycles. The molecular weight excluding hydrogens is 445 g/mol. The monoisotopic (exact) mass is 464 g/mol. The number of hydrogen-bond acceptors (Lipinski definition) is 4. The Morgan fingerprint density at radius 1 is 1.21 bits per heavy atom. The van der Waals surface area contributed by atoms with Crippen LogP contribution < -0.4 is 10.6 Å². The molecule has 2 aromatic heterocycles. The fraction of sp³-hybridized carbons (Fsp3) is 0.500. The first-order chi connectivity index (χ1) is 13.0. The molecule has 2 aromatic rings. The van der Waals surface area contributed by atoms with E-state index in [0.29, 0.717) is 17.8 Å². The second kappa shape index (κ2) is 8.33.